The quantitative estimate of drug-likeness (QED) is 0.448. The number of nitro groups is 1. The lowest BCUT2D eigenvalue weighted by molar-refractivity contribution is -0.386. The third-order valence-corrected chi connectivity index (χ3v) is 3.01. The first-order chi connectivity index (χ1) is 12.0. The van der Waals surface area contributed by atoms with E-state index in [4.69, 9.17) is 9.47 Å². The third kappa shape index (κ3) is 4.93. The van der Waals surface area contributed by atoms with Gasteiger partial charge in [-0.25, -0.2) is 5.43 Å². The molecule has 0 bridgehead atoms. The first-order valence-electron chi connectivity index (χ1n) is 7.06. The molecule has 0 heterocycles. The zero-order chi connectivity index (χ0) is 18.2. The van der Waals surface area contributed by atoms with Crippen LogP contribution in [0.15, 0.2) is 47.6 Å². The number of benzene rings is 2. The highest BCUT2D eigenvalue weighted by atomic mass is 16.6. The molecule has 2 N–H and O–H groups in total. The number of rotatable bonds is 7. The number of para-hydroxylation sites is 1. The first-order valence-corrected chi connectivity index (χ1v) is 7.06. The van der Waals surface area contributed by atoms with Crippen LogP contribution in [0, 0.1) is 10.1 Å². The smallest absolute Gasteiger partial charge is 0.315 e. The number of nitrogens with one attached hydrogen (secondary N) is 1. The maximum Gasteiger partial charge on any atom is 0.315 e. The number of phenols is 1. The van der Waals surface area contributed by atoms with Gasteiger partial charge in [0.25, 0.3) is 5.91 Å². The van der Waals surface area contributed by atoms with Gasteiger partial charge in [0.2, 0.25) is 5.75 Å². The zero-order valence-electron chi connectivity index (χ0n) is 13.2. The second-order valence-corrected chi connectivity index (χ2v) is 4.74. The summed E-state index contributed by atoms with van der Waals surface area (Å²) in [7, 11) is 1.27. The monoisotopic (exact) mass is 345 g/mol. The molecule has 0 aromatic heterocycles. The van der Waals surface area contributed by atoms with Gasteiger partial charge in [0.05, 0.1) is 18.2 Å². The number of hydrogen-bond donors (Lipinski definition) is 2. The van der Waals surface area contributed by atoms with E-state index in [1.807, 2.05) is 6.07 Å². The predicted molar refractivity (Wildman–Crippen MR) is 89.0 cm³/mol. The number of hydrogen-bond acceptors (Lipinski definition) is 7. The second kappa shape index (κ2) is 8.29. The number of carbonyl (C=O) groups excluding carboxylic acids is 1. The highest BCUT2D eigenvalue weighted by molar-refractivity contribution is 5.85. The van der Waals surface area contributed by atoms with Crippen LogP contribution < -0.4 is 14.9 Å². The molecular weight excluding hydrogens is 330 g/mol. The standard InChI is InChI=1S/C16H15N3O6/c1-24-14-8-11(7-13(16(14)21)19(22)23)9-17-18-15(20)10-25-12-5-3-2-4-6-12/h2-9,21H,10H2,1H3,(H,18,20)/b17-9+. The van der Waals surface area contributed by atoms with Gasteiger partial charge in [-0.15, -0.1) is 0 Å². The molecule has 0 aliphatic heterocycles. The lowest BCUT2D eigenvalue weighted by Gasteiger charge is -2.05. The van der Waals surface area contributed by atoms with Crippen LogP contribution in [-0.4, -0.2) is 35.9 Å². The number of aromatic hydroxyl groups is 1. The number of nitrogens with zero attached hydrogens (tertiary/aromatic N) is 2. The zero-order valence-corrected chi connectivity index (χ0v) is 13.2. The van der Waals surface area contributed by atoms with Crippen LogP contribution in [0.4, 0.5) is 5.69 Å². The number of amides is 1. The molecule has 25 heavy (non-hydrogen) atoms. The molecule has 0 aliphatic rings. The Kier molecular flexibility index (Phi) is 5.88. The van der Waals surface area contributed by atoms with Gasteiger partial charge in [-0.1, -0.05) is 18.2 Å². The molecule has 2 rings (SSSR count). The van der Waals surface area contributed by atoms with Crippen LogP contribution in [0.3, 0.4) is 0 Å². The van der Waals surface area contributed by atoms with Gasteiger partial charge in [-0.05, 0) is 18.2 Å². The fraction of sp³-hybridized carbons (Fsp3) is 0.125. The number of carbonyl (C=O) groups is 1. The Balaban J connectivity index is 1.98. The van der Waals surface area contributed by atoms with Crippen molar-refractivity contribution in [2.45, 2.75) is 0 Å². The summed E-state index contributed by atoms with van der Waals surface area (Å²) in [5, 5.41) is 24.3. The molecular formula is C16H15N3O6. The maximum absolute atomic E-state index is 11.6. The molecule has 9 heteroatoms. The molecule has 130 valence electrons. The highest BCUT2D eigenvalue weighted by Gasteiger charge is 2.19. The van der Waals surface area contributed by atoms with Gasteiger partial charge in [0, 0.05) is 11.6 Å². The Labute approximate surface area is 142 Å². The topological polar surface area (TPSA) is 123 Å². The molecule has 0 radical (unpaired) electrons. The van der Waals surface area contributed by atoms with Crippen molar-refractivity contribution in [2.24, 2.45) is 5.10 Å². The minimum absolute atomic E-state index is 0.0746. The van der Waals surface area contributed by atoms with Crippen LogP contribution in [0.2, 0.25) is 0 Å². The Morgan fingerprint density at radius 2 is 2.08 bits per heavy atom. The van der Waals surface area contributed by atoms with Crippen molar-refractivity contribution < 1.29 is 24.3 Å². The van der Waals surface area contributed by atoms with Crippen molar-refractivity contribution in [3.8, 4) is 17.2 Å². The van der Waals surface area contributed by atoms with E-state index in [0.717, 1.165) is 6.07 Å². The number of hydrazone groups is 1. The highest BCUT2D eigenvalue weighted by Crippen LogP contribution is 2.36. The van der Waals surface area contributed by atoms with Crippen molar-refractivity contribution in [3.63, 3.8) is 0 Å². The molecule has 2 aromatic carbocycles. The lowest BCUT2D eigenvalue weighted by Crippen LogP contribution is -2.24. The van der Waals surface area contributed by atoms with Crippen molar-refractivity contribution >= 4 is 17.8 Å². The average Bonchev–Trinajstić information content (AvgIpc) is 2.61. The van der Waals surface area contributed by atoms with Crippen LogP contribution in [0.1, 0.15) is 5.56 Å². The van der Waals surface area contributed by atoms with Crippen LogP contribution in [0.5, 0.6) is 17.2 Å². The second-order valence-electron chi connectivity index (χ2n) is 4.74. The fourth-order valence-corrected chi connectivity index (χ4v) is 1.86. The molecule has 0 atom stereocenters. The molecule has 0 saturated heterocycles. The number of methoxy groups -OCH3 is 1. The Bertz CT molecular complexity index is 792. The van der Waals surface area contributed by atoms with Crippen LogP contribution >= 0.6 is 0 Å². The Morgan fingerprint density at radius 1 is 1.36 bits per heavy atom. The largest absolute Gasteiger partial charge is 0.500 e. The SMILES string of the molecule is COc1cc(/C=N/NC(=O)COc2ccccc2)cc([N+](=O)[O-])c1O. The summed E-state index contributed by atoms with van der Waals surface area (Å²) in [5.41, 5.74) is 1.98. The van der Waals surface area contributed by atoms with E-state index in [2.05, 4.69) is 10.5 Å². The number of phenolic OH excluding ortho intramolecular Hbond substituents is 1. The van der Waals surface area contributed by atoms with E-state index in [-0.39, 0.29) is 17.9 Å². The van der Waals surface area contributed by atoms with Gasteiger partial charge >= 0.3 is 5.69 Å². The third-order valence-electron chi connectivity index (χ3n) is 3.01. The number of ether oxygens (including phenoxy) is 2. The van der Waals surface area contributed by atoms with Gasteiger partial charge < -0.3 is 14.6 Å². The minimum Gasteiger partial charge on any atom is -0.500 e. The summed E-state index contributed by atoms with van der Waals surface area (Å²) in [6.07, 6.45) is 1.19. The molecule has 9 nitrogen and oxygen atoms in total. The van der Waals surface area contributed by atoms with Gasteiger partial charge in [-0.2, -0.15) is 5.10 Å². The maximum atomic E-state index is 11.6. The van der Waals surface area contributed by atoms with Crippen molar-refractivity contribution in [1.82, 2.24) is 5.43 Å². The van der Waals surface area contributed by atoms with Gasteiger partial charge in [0.1, 0.15) is 5.75 Å². The fourth-order valence-electron chi connectivity index (χ4n) is 1.86. The first kappa shape index (κ1) is 17.7. The summed E-state index contributed by atoms with van der Waals surface area (Å²) in [6.45, 7) is -0.236. The van der Waals surface area contributed by atoms with E-state index in [1.165, 1.54) is 19.4 Å². The number of nitro benzene ring substituents is 1. The normalized spacial score (nSPS) is 10.4. The Morgan fingerprint density at radius 3 is 2.72 bits per heavy atom. The summed E-state index contributed by atoms with van der Waals surface area (Å²) < 4.78 is 10.1. The van der Waals surface area contributed by atoms with Crippen LogP contribution in [0.25, 0.3) is 0 Å². The minimum atomic E-state index is -0.749. The summed E-state index contributed by atoms with van der Waals surface area (Å²) in [6, 6.07) is 11.2. The molecule has 0 spiro atoms. The van der Waals surface area contributed by atoms with E-state index in [9.17, 15) is 20.0 Å². The van der Waals surface area contributed by atoms with Gasteiger partial charge in [-0.3, -0.25) is 14.9 Å². The average molecular weight is 345 g/mol. The molecule has 0 fully saturated rings. The summed E-state index contributed by atoms with van der Waals surface area (Å²) in [4.78, 5) is 21.8. The summed E-state index contributed by atoms with van der Waals surface area (Å²) in [5.74, 6) is -0.611. The molecule has 2 aromatic rings. The molecule has 0 aliphatic carbocycles. The van der Waals surface area contributed by atoms with Crippen molar-refractivity contribution in [1.29, 1.82) is 0 Å². The molecule has 1 amide bonds. The van der Waals surface area contributed by atoms with E-state index >= 15 is 0 Å². The van der Waals surface area contributed by atoms with E-state index in [1.54, 1.807) is 24.3 Å². The Hall–Kier alpha value is -3.62. The predicted octanol–water partition coefficient (Wildman–Crippen LogP) is 1.84. The van der Waals surface area contributed by atoms with Crippen molar-refractivity contribution in [3.05, 3.63) is 58.1 Å². The summed E-state index contributed by atoms with van der Waals surface area (Å²) >= 11 is 0. The van der Waals surface area contributed by atoms with Crippen LogP contribution in [-0.2, 0) is 4.79 Å². The van der Waals surface area contributed by atoms with E-state index < -0.39 is 22.3 Å². The molecule has 0 saturated carbocycles. The van der Waals surface area contributed by atoms with E-state index in [0.29, 0.717) is 5.75 Å². The van der Waals surface area contributed by atoms with Crippen molar-refractivity contribution in [2.75, 3.05) is 13.7 Å². The molecule has 0 unspecified atom stereocenters. The van der Waals surface area contributed by atoms with Gasteiger partial charge in [0.15, 0.2) is 12.4 Å². The lowest BCUT2D eigenvalue weighted by atomic mass is 10.2.